The average molecular weight is 277 g/mol. The van der Waals surface area contributed by atoms with E-state index in [-0.39, 0.29) is 0 Å². The van der Waals surface area contributed by atoms with Crippen LogP contribution in [-0.4, -0.2) is 15.4 Å². The van der Waals surface area contributed by atoms with Crippen LogP contribution in [0, 0.1) is 12.8 Å². The fourth-order valence-corrected chi connectivity index (χ4v) is 3.04. The first-order chi connectivity index (χ1) is 9.29. The number of benzene rings is 1. The van der Waals surface area contributed by atoms with Gasteiger partial charge >= 0.3 is 0 Å². The van der Waals surface area contributed by atoms with Crippen LogP contribution in [0.1, 0.15) is 37.1 Å². The zero-order valence-corrected chi connectivity index (χ0v) is 12.3. The van der Waals surface area contributed by atoms with Crippen molar-refractivity contribution in [3.8, 4) is 0 Å². The molecule has 0 aliphatic heterocycles. The molecule has 0 amide bonds. The van der Waals surface area contributed by atoms with E-state index in [1.807, 2.05) is 0 Å². The molecule has 0 atom stereocenters. The summed E-state index contributed by atoms with van der Waals surface area (Å²) in [5, 5.41) is 0. The fourth-order valence-electron chi connectivity index (χ4n) is 2.87. The van der Waals surface area contributed by atoms with Gasteiger partial charge in [0.1, 0.15) is 5.82 Å². The molecular formula is C16H21ClN2. The van der Waals surface area contributed by atoms with Gasteiger partial charge < -0.3 is 4.57 Å². The van der Waals surface area contributed by atoms with Gasteiger partial charge in [0, 0.05) is 18.8 Å². The number of halogens is 1. The Bertz CT molecular complexity index is 569. The molecule has 1 aromatic heterocycles. The second-order valence-electron chi connectivity index (χ2n) is 5.65. The quantitative estimate of drug-likeness (QED) is 0.719. The molecule has 1 fully saturated rings. The number of hydrogen-bond donors (Lipinski definition) is 0. The molecular weight excluding hydrogens is 256 g/mol. The number of alkyl halides is 1. The lowest BCUT2D eigenvalue weighted by Crippen LogP contribution is -2.06. The first-order valence-corrected chi connectivity index (χ1v) is 7.83. The van der Waals surface area contributed by atoms with Crippen LogP contribution < -0.4 is 0 Å². The summed E-state index contributed by atoms with van der Waals surface area (Å²) >= 11 is 5.92. The van der Waals surface area contributed by atoms with Crippen molar-refractivity contribution in [2.45, 2.75) is 45.6 Å². The van der Waals surface area contributed by atoms with Crippen LogP contribution in [0.5, 0.6) is 0 Å². The number of fused-ring (bicyclic) bond motifs is 1. The van der Waals surface area contributed by atoms with Crippen molar-refractivity contribution in [1.29, 1.82) is 0 Å². The van der Waals surface area contributed by atoms with Gasteiger partial charge in [-0.05, 0) is 37.3 Å². The van der Waals surface area contributed by atoms with Gasteiger partial charge in [-0.15, -0.1) is 11.6 Å². The van der Waals surface area contributed by atoms with Gasteiger partial charge in [0.2, 0.25) is 0 Å². The van der Waals surface area contributed by atoms with E-state index >= 15 is 0 Å². The van der Waals surface area contributed by atoms with Crippen LogP contribution in [0.3, 0.4) is 0 Å². The Kier molecular flexibility index (Phi) is 3.79. The van der Waals surface area contributed by atoms with E-state index in [9.17, 15) is 0 Å². The summed E-state index contributed by atoms with van der Waals surface area (Å²) in [5.41, 5.74) is 3.74. The molecule has 3 heteroatoms. The molecule has 0 N–H and O–H groups in total. The number of para-hydroxylation sites is 1. The smallest absolute Gasteiger partial charge is 0.111 e. The predicted molar refractivity (Wildman–Crippen MR) is 80.9 cm³/mol. The van der Waals surface area contributed by atoms with Crippen molar-refractivity contribution in [3.63, 3.8) is 0 Å². The molecule has 0 saturated heterocycles. The van der Waals surface area contributed by atoms with Crippen molar-refractivity contribution in [1.82, 2.24) is 9.55 Å². The molecule has 0 bridgehead atoms. The van der Waals surface area contributed by atoms with Crippen LogP contribution in [0.4, 0.5) is 0 Å². The SMILES string of the molecule is Cc1cccc2nc(CCCl)n(CCCC3CC3)c12. The Labute approximate surface area is 119 Å². The molecule has 0 unspecified atom stereocenters. The Balaban J connectivity index is 1.89. The van der Waals surface area contributed by atoms with Crippen LogP contribution in [0.25, 0.3) is 11.0 Å². The molecule has 1 heterocycles. The molecule has 2 nitrogen and oxygen atoms in total. The van der Waals surface area contributed by atoms with Crippen molar-refractivity contribution in [2.75, 3.05) is 5.88 Å². The first-order valence-electron chi connectivity index (χ1n) is 7.30. The standard InChI is InChI=1S/C16H21ClN2/c1-12-4-2-6-14-16(12)19(15(18-14)9-10-17)11-3-5-13-7-8-13/h2,4,6,13H,3,5,7-11H2,1H3. The Hall–Kier alpha value is -1.02. The Morgan fingerprint density at radius 2 is 2.21 bits per heavy atom. The third-order valence-electron chi connectivity index (χ3n) is 4.06. The lowest BCUT2D eigenvalue weighted by Gasteiger charge is -2.09. The minimum Gasteiger partial charge on any atom is -0.328 e. The molecule has 1 aromatic carbocycles. The summed E-state index contributed by atoms with van der Waals surface area (Å²) in [6.07, 6.45) is 6.38. The minimum atomic E-state index is 0.644. The molecule has 0 spiro atoms. The molecule has 2 aromatic rings. The third-order valence-corrected chi connectivity index (χ3v) is 4.25. The van der Waals surface area contributed by atoms with Gasteiger partial charge in [0.15, 0.2) is 0 Å². The highest BCUT2D eigenvalue weighted by Crippen LogP contribution is 2.34. The molecule has 1 saturated carbocycles. The number of aryl methyl sites for hydroxylation is 3. The lowest BCUT2D eigenvalue weighted by atomic mass is 10.2. The van der Waals surface area contributed by atoms with Crippen LogP contribution in [0.15, 0.2) is 18.2 Å². The number of imidazole rings is 1. The zero-order chi connectivity index (χ0) is 13.2. The maximum atomic E-state index is 5.92. The van der Waals surface area contributed by atoms with Gasteiger partial charge in [-0.2, -0.15) is 0 Å². The number of aromatic nitrogens is 2. The second kappa shape index (κ2) is 5.54. The maximum Gasteiger partial charge on any atom is 0.111 e. The molecule has 3 rings (SSSR count). The zero-order valence-electron chi connectivity index (χ0n) is 11.5. The van der Waals surface area contributed by atoms with Crippen molar-refractivity contribution in [3.05, 3.63) is 29.6 Å². The molecule has 0 radical (unpaired) electrons. The largest absolute Gasteiger partial charge is 0.328 e. The summed E-state index contributed by atoms with van der Waals surface area (Å²) in [7, 11) is 0. The van der Waals surface area contributed by atoms with Gasteiger partial charge in [-0.25, -0.2) is 4.98 Å². The Morgan fingerprint density at radius 3 is 2.95 bits per heavy atom. The normalized spacial score (nSPS) is 15.3. The Morgan fingerprint density at radius 1 is 1.37 bits per heavy atom. The van der Waals surface area contributed by atoms with Crippen LogP contribution >= 0.6 is 11.6 Å². The number of nitrogens with zero attached hydrogens (tertiary/aromatic N) is 2. The van der Waals surface area contributed by atoms with Gasteiger partial charge in [-0.3, -0.25) is 0 Å². The number of rotatable bonds is 6. The average Bonchev–Trinajstić information content (AvgIpc) is 3.14. The summed E-state index contributed by atoms with van der Waals surface area (Å²) in [6, 6.07) is 6.37. The number of hydrogen-bond acceptors (Lipinski definition) is 1. The van der Waals surface area contributed by atoms with E-state index in [0.717, 1.165) is 30.2 Å². The highest BCUT2D eigenvalue weighted by Gasteiger charge is 2.20. The summed E-state index contributed by atoms with van der Waals surface area (Å²) in [4.78, 5) is 4.76. The van der Waals surface area contributed by atoms with E-state index in [0.29, 0.717) is 5.88 Å². The molecule has 1 aliphatic rings. The first kappa shape index (κ1) is 13.0. The predicted octanol–water partition coefficient (Wildman–Crippen LogP) is 4.32. The van der Waals surface area contributed by atoms with E-state index in [1.165, 1.54) is 36.8 Å². The van der Waals surface area contributed by atoms with E-state index in [4.69, 9.17) is 16.6 Å². The van der Waals surface area contributed by atoms with Gasteiger partial charge in [0.25, 0.3) is 0 Å². The maximum absolute atomic E-state index is 5.92. The molecule has 102 valence electrons. The lowest BCUT2D eigenvalue weighted by molar-refractivity contribution is 0.571. The van der Waals surface area contributed by atoms with Crippen molar-refractivity contribution in [2.24, 2.45) is 5.92 Å². The van der Waals surface area contributed by atoms with E-state index in [2.05, 4.69) is 29.7 Å². The van der Waals surface area contributed by atoms with E-state index < -0.39 is 0 Å². The van der Waals surface area contributed by atoms with Crippen molar-refractivity contribution >= 4 is 22.6 Å². The second-order valence-corrected chi connectivity index (χ2v) is 6.02. The minimum absolute atomic E-state index is 0.644. The highest BCUT2D eigenvalue weighted by atomic mass is 35.5. The third kappa shape index (κ3) is 2.79. The summed E-state index contributed by atoms with van der Waals surface area (Å²) in [6.45, 7) is 3.26. The van der Waals surface area contributed by atoms with Crippen LogP contribution in [0.2, 0.25) is 0 Å². The fraction of sp³-hybridized carbons (Fsp3) is 0.562. The summed E-state index contributed by atoms with van der Waals surface area (Å²) < 4.78 is 2.40. The van der Waals surface area contributed by atoms with Gasteiger partial charge in [-0.1, -0.05) is 25.0 Å². The van der Waals surface area contributed by atoms with Crippen molar-refractivity contribution < 1.29 is 0 Å². The monoisotopic (exact) mass is 276 g/mol. The highest BCUT2D eigenvalue weighted by molar-refractivity contribution is 6.17. The topological polar surface area (TPSA) is 17.8 Å². The van der Waals surface area contributed by atoms with E-state index in [1.54, 1.807) is 0 Å². The van der Waals surface area contributed by atoms with Gasteiger partial charge in [0.05, 0.1) is 11.0 Å². The molecule has 1 aliphatic carbocycles. The van der Waals surface area contributed by atoms with Crippen LogP contribution in [-0.2, 0) is 13.0 Å². The molecule has 19 heavy (non-hydrogen) atoms. The summed E-state index contributed by atoms with van der Waals surface area (Å²) in [5.74, 6) is 2.80.